The topological polar surface area (TPSA) is 63.2 Å². The number of amides is 1. The van der Waals surface area contributed by atoms with Crippen molar-refractivity contribution in [2.75, 3.05) is 17.7 Å². The van der Waals surface area contributed by atoms with E-state index in [-0.39, 0.29) is 5.91 Å². The Hall–Kier alpha value is -3.05. The minimum Gasteiger partial charge on any atom is -0.495 e. The third-order valence-corrected chi connectivity index (χ3v) is 3.84. The Labute approximate surface area is 150 Å². The zero-order valence-corrected chi connectivity index (χ0v) is 14.2. The first-order valence-electron chi connectivity index (χ1n) is 7.59. The van der Waals surface area contributed by atoms with Gasteiger partial charge in [-0.1, -0.05) is 35.9 Å². The molecule has 0 fully saturated rings. The van der Waals surface area contributed by atoms with E-state index in [0.717, 1.165) is 5.69 Å². The maximum Gasteiger partial charge on any atom is 0.255 e. The molecule has 1 amide bonds. The number of aromatic nitrogens is 1. The quantitative estimate of drug-likeness (QED) is 0.695. The van der Waals surface area contributed by atoms with Crippen LogP contribution in [-0.2, 0) is 0 Å². The van der Waals surface area contributed by atoms with E-state index in [1.165, 1.54) is 0 Å². The first-order chi connectivity index (χ1) is 12.2. The zero-order valence-electron chi connectivity index (χ0n) is 13.5. The van der Waals surface area contributed by atoms with Crippen LogP contribution in [0.5, 0.6) is 5.75 Å². The number of methoxy groups -OCH3 is 1. The highest BCUT2D eigenvalue weighted by Gasteiger charge is 2.11. The van der Waals surface area contributed by atoms with E-state index in [9.17, 15) is 4.79 Å². The SMILES string of the molecule is COc1ccccc1NC(=O)c1ccnc(Nc2ccccc2Cl)c1. The first-order valence-corrected chi connectivity index (χ1v) is 7.97. The van der Waals surface area contributed by atoms with Crippen molar-refractivity contribution in [2.24, 2.45) is 0 Å². The standard InChI is InChI=1S/C19H16ClN3O2/c1-25-17-9-5-4-8-16(17)23-19(24)13-10-11-21-18(12-13)22-15-7-3-2-6-14(15)20/h2-12H,1H3,(H,21,22)(H,23,24). The van der Waals surface area contributed by atoms with Gasteiger partial charge in [-0.3, -0.25) is 4.79 Å². The minimum atomic E-state index is -0.255. The van der Waals surface area contributed by atoms with Crippen molar-refractivity contribution in [2.45, 2.75) is 0 Å². The summed E-state index contributed by atoms with van der Waals surface area (Å²) in [5.74, 6) is 0.870. The number of carbonyl (C=O) groups is 1. The summed E-state index contributed by atoms with van der Waals surface area (Å²) in [6.45, 7) is 0. The second-order valence-corrected chi connectivity index (χ2v) is 5.60. The molecule has 0 radical (unpaired) electrons. The van der Waals surface area contributed by atoms with E-state index in [1.54, 1.807) is 43.6 Å². The normalized spacial score (nSPS) is 10.2. The second-order valence-electron chi connectivity index (χ2n) is 5.19. The number of hydrogen-bond acceptors (Lipinski definition) is 4. The summed E-state index contributed by atoms with van der Waals surface area (Å²) >= 11 is 6.13. The highest BCUT2D eigenvalue weighted by atomic mass is 35.5. The van der Waals surface area contributed by atoms with E-state index < -0.39 is 0 Å². The van der Waals surface area contributed by atoms with Crippen LogP contribution in [0.3, 0.4) is 0 Å². The summed E-state index contributed by atoms with van der Waals surface area (Å²) < 4.78 is 5.24. The maximum absolute atomic E-state index is 12.5. The van der Waals surface area contributed by atoms with Crippen molar-refractivity contribution in [1.29, 1.82) is 0 Å². The molecule has 0 aliphatic heterocycles. The van der Waals surface area contributed by atoms with Gasteiger partial charge in [0.2, 0.25) is 0 Å². The molecule has 0 aliphatic carbocycles. The highest BCUT2D eigenvalue weighted by Crippen LogP contribution is 2.25. The van der Waals surface area contributed by atoms with Gasteiger partial charge in [0.25, 0.3) is 5.91 Å². The highest BCUT2D eigenvalue weighted by molar-refractivity contribution is 6.33. The predicted molar refractivity (Wildman–Crippen MR) is 99.9 cm³/mol. The van der Waals surface area contributed by atoms with Crippen LogP contribution in [0.25, 0.3) is 0 Å². The van der Waals surface area contributed by atoms with E-state index in [0.29, 0.717) is 27.8 Å². The first kappa shape index (κ1) is 16.8. The van der Waals surface area contributed by atoms with Gasteiger partial charge in [0, 0.05) is 11.8 Å². The second kappa shape index (κ2) is 7.68. The van der Waals surface area contributed by atoms with Crippen molar-refractivity contribution < 1.29 is 9.53 Å². The van der Waals surface area contributed by atoms with Crippen LogP contribution in [0.4, 0.5) is 17.2 Å². The third-order valence-electron chi connectivity index (χ3n) is 3.51. The molecule has 25 heavy (non-hydrogen) atoms. The number of halogens is 1. The average molecular weight is 354 g/mol. The molecule has 2 aromatic carbocycles. The van der Waals surface area contributed by atoms with Gasteiger partial charge in [0.15, 0.2) is 0 Å². The Bertz CT molecular complexity index is 899. The Morgan fingerprint density at radius 1 is 1.04 bits per heavy atom. The molecule has 0 saturated heterocycles. The molecule has 126 valence electrons. The van der Waals surface area contributed by atoms with Crippen LogP contribution >= 0.6 is 11.6 Å². The zero-order chi connectivity index (χ0) is 17.6. The number of nitrogens with zero attached hydrogens (tertiary/aromatic N) is 1. The molecule has 3 rings (SSSR count). The molecule has 0 saturated carbocycles. The van der Waals surface area contributed by atoms with Gasteiger partial charge in [-0.15, -0.1) is 0 Å². The molecular weight excluding hydrogens is 338 g/mol. The van der Waals surface area contributed by atoms with Crippen molar-refractivity contribution in [3.63, 3.8) is 0 Å². The summed E-state index contributed by atoms with van der Waals surface area (Å²) in [7, 11) is 1.56. The molecule has 0 aliphatic rings. The lowest BCUT2D eigenvalue weighted by Gasteiger charge is -2.11. The van der Waals surface area contributed by atoms with Crippen LogP contribution in [0.2, 0.25) is 5.02 Å². The number of nitrogens with one attached hydrogen (secondary N) is 2. The van der Waals surface area contributed by atoms with E-state index in [2.05, 4.69) is 15.6 Å². The molecule has 1 aromatic heterocycles. The molecule has 0 spiro atoms. The largest absolute Gasteiger partial charge is 0.495 e. The predicted octanol–water partition coefficient (Wildman–Crippen LogP) is 4.74. The third kappa shape index (κ3) is 4.08. The molecule has 2 N–H and O–H groups in total. The number of pyridine rings is 1. The van der Waals surface area contributed by atoms with Gasteiger partial charge in [-0.25, -0.2) is 4.98 Å². The van der Waals surface area contributed by atoms with Crippen LogP contribution in [0.1, 0.15) is 10.4 Å². The lowest BCUT2D eigenvalue weighted by molar-refractivity contribution is 0.102. The van der Waals surface area contributed by atoms with Crippen molar-refractivity contribution in [3.8, 4) is 5.75 Å². The van der Waals surface area contributed by atoms with E-state index in [1.807, 2.05) is 30.3 Å². The number of hydrogen-bond donors (Lipinski definition) is 2. The maximum atomic E-state index is 12.5. The van der Waals surface area contributed by atoms with Gasteiger partial charge in [-0.05, 0) is 36.4 Å². The summed E-state index contributed by atoms with van der Waals surface area (Å²) in [4.78, 5) is 16.7. The van der Waals surface area contributed by atoms with Crippen molar-refractivity contribution >= 4 is 34.7 Å². The molecule has 0 bridgehead atoms. The number of anilines is 3. The average Bonchev–Trinajstić information content (AvgIpc) is 2.64. The van der Waals surface area contributed by atoms with Crippen molar-refractivity contribution in [3.05, 3.63) is 77.4 Å². The number of ether oxygens (including phenoxy) is 1. The smallest absolute Gasteiger partial charge is 0.255 e. The van der Waals surface area contributed by atoms with Gasteiger partial charge in [0.1, 0.15) is 11.6 Å². The van der Waals surface area contributed by atoms with Gasteiger partial charge in [-0.2, -0.15) is 0 Å². The molecule has 1 heterocycles. The number of benzene rings is 2. The lowest BCUT2D eigenvalue weighted by atomic mass is 10.2. The number of carbonyl (C=O) groups excluding carboxylic acids is 1. The van der Waals surface area contributed by atoms with Crippen LogP contribution in [0, 0.1) is 0 Å². The summed E-state index contributed by atoms with van der Waals surface area (Å²) in [5.41, 5.74) is 1.79. The summed E-state index contributed by atoms with van der Waals surface area (Å²) in [6.07, 6.45) is 1.57. The molecule has 0 atom stereocenters. The van der Waals surface area contributed by atoms with Crippen LogP contribution < -0.4 is 15.4 Å². The lowest BCUT2D eigenvalue weighted by Crippen LogP contribution is -2.13. The Balaban J connectivity index is 1.79. The van der Waals surface area contributed by atoms with Crippen molar-refractivity contribution in [1.82, 2.24) is 4.98 Å². The van der Waals surface area contributed by atoms with E-state index >= 15 is 0 Å². The van der Waals surface area contributed by atoms with Crippen LogP contribution in [0.15, 0.2) is 66.9 Å². The van der Waals surface area contributed by atoms with Gasteiger partial charge < -0.3 is 15.4 Å². The number of rotatable bonds is 5. The van der Waals surface area contributed by atoms with Gasteiger partial charge in [0.05, 0.1) is 23.5 Å². The molecule has 0 unspecified atom stereocenters. The Morgan fingerprint density at radius 3 is 2.52 bits per heavy atom. The Morgan fingerprint density at radius 2 is 1.76 bits per heavy atom. The Kier molecular flexibility index (Phi) is 5.16. The monoisotopic (exact) mass is 353 g/mol. The van der Waals surface area contributed by atoms with Gasteiger partial charge >= 0.3 is 0 Å². The molecule has 6 heteroatoms. The summed E-state index contributed by atoms with van der Waals surface area (Å²) in [6, 6.07) is 17.9. The fourth-order valence-corrected chi connectivity index (χ4v) is 2.47. The van der Waals surface area contributed by atoms with Crippen LogP contribution in [-0.4, -0.2) is 18.0 Å². The fourth-order valence-electron chi connectivity index (χ4n) is 2.28. The molecular formula is C19H16ClN3O2. The number of para-hydroxylation sites is 3. The molecule has 3 aromatic rings. The minimum absolute atomic E-state index is 0.255. The van der Waals surface area contributed by atoms with E-state index in [4.69, 9.17) is 16.3 Å². The summed E-state index contributed by atoms with van der Waals surface area (Å²) in [5, 5.41) is 6.52. The fraction of sp³-hybridized carbons (Fsp3) is 0.0526. The molecule has 5 nitrogen and oxygen atoms in total.